The number of nitrogens with one attached hydrogen (secondary N) is 2. The van der Waals surface area contributed by atoms with Crippen molar-refractivity contribution in [2.75, 3.05) is 6.61 Å². The minimum Gasteiger partial charge on any atom is -0.393 e. The van der Waals surface area contributed by atoms with Crippen LogP contribution in [0.25, 0.3) is 22.5 Å². The van der Waals surface area contributed by atoms with Gasteiger partial charge in [0.15, 0.2) is 0 Å². The van der Waals surface area contributed by atoms with Crippen LogP contribution in [-0.4, -0.2) is 49.6 Å². The van der Waals surface area contributed by atoms with E-state index in [9.17, 15) is 23.8 Å². The summed E-state index contributed by atoms with van der Waals surface area (Å²) in [7, 11) is 0. The van der Waals surface area contributed by atoms with Gasteiger partial charge in [-0.1, -0.05) is 12.1 Å². The van der Waals surface area contributed by atoms with Gasteiger partial charge in [0, 0.05) is 18.3 Å². The Morgan fingerprint density at radius 3 is 2.57 bits per heavy atom. The number of hydrogen-bond acceptors (Lipinski definition) is 5. The van der Waals surface area contributed by atoms with E-state index in [2.05, 4.69) is 20.5 Å². The van der Waals surface area contributed by atoms with E-state index in [0.29, 0.717) is 17.0 Å². The molecule has 4 aromatic rings. The zero-order valence-electron chi connectivity index (χ0n) is 18.9. The molecule has 2 heterocycles. The van der Waals surface area contributed by atoms with Gasteiger partial charge in [-0.3, -0.25) is 14.9 Å². The van der Waals surface area contributed by atoms with Crippen molar-refractivity contribution in [2.24, 2.45) is 0 Å². The number of halogens is 2. The van der Waals surface area contributed by atoms with E-state index < -0.39 is 30.0 Å². The molecule has 7 nitrogen and oxygen atoms in total. The van der Waals surface area contributed by atoms with Crippen LogP contribution < -0.4 is 5.32 Å². The van der Waals surface area contributed by atoms with E-state index in [1.54, 1.807) is 42.6 Å². The first-order valence-electron chi connectivity index (χ1n) is 10.9. The molecule has 35 heavy (non-hydrogen) atoms. The van der Waals surface area contributed by atoms with Crippen molar-refractivity contribution in [1.82, 2.24) is 20.5 Å². The van der Waals surface area contributed by atoms with Crippen molar-refractivity contribution in [1.29, 1.82) is 0 Å². The molecule has 1 amide bonds. The van der Waals surface area contributed by atoms with Crippen LogP contribution in [0.15, 0.2) is 72.9 Å². The van der Waals surface area contributed by atoms with E-state index in [1.807, 2.05) is 0 Å². The Morgan fingerprint density at radius 2 is 1.89 bits per heavy atom. The molecule has 2 aromatic carbocycles. The van der Waals surface area contributed by atoms with Crippen LogP contribution in [0.3, 0.4) is 0 Å². The van der Waals surface area contributed by atoms with Crippen LogP contribution in [0, 0.1) is 11.6 Å². The van der Waals surface area contributed by atoms with Crippen LogP contribution in [0.4, 0.5) is 8.78 Å². The largest absolute Gasteiger partial charge is 0.393 e. The second-order valence-electron chi connectivity index (χ2n) is 8.40. The third-order valence-corrected chi connectivity index (χ3v) is 5.76. The lowest BCUT2D eigenvalue weighted by atomic mass is 9.92. The average Bonchev–Trinajstić information content (AvgIpc) is 3.34. The van der Waals surface area contributed by atoms with E-state index >= 15 is 0 Å². The highest BCUT2D eigenvalue weighted by Crippen LogP contribution is 2.29. The maximum Gasteiger partial charge on any atom is 0.252 e. The molecule has 0 aliphatic heterocycles. The molecule has 0 fully saturated rings. The lowest BCUT2D eigenvalue weighted by Crippen LogP contribution is -2.54. The van der Waals surface area contributed by atoms with Crippen LogP contribution in [0.5, 0.6) is 0 Å². The molecule has 0 aliphatic carbocycles. The fraction of sp³-hybridized carbons (Fsp3) is 0.192. The summed E-state index contributed by atoms with van der Waals surface area (Å²) in [5.41, 5.74) is 0.248. The molecule has 0 radical (unpaired) electrons. The van der Waals surface area contributed by atoms with Crippen LogP contribution >= 0.6 is 0 Å². The summed E-state index contributed by atoms with van der Waals surface area (Å²) < 4.78 is 28.2. The van der Waals surface area contributed by atoms with Gasteiger partial charge in [-0.2, -0.15) is 5.10 Å². The number of carbonyl (C=O) groups is 1. The third-order valence-electron chi connectivity index (χ3n) is 5.76. The quantitative estimate of drug-likeness (QED) is 0.310. The third kappa shape index (κ3) is 5.42. The van der Waals surface area contributed by atoms with Crippen molar-refractivity contribution in [3.05, 3.63) is 95.8 Å². The van der Waals surface area contributed by atoms with Crippen molar-refractivity contribution >= 4 is 5.91 Å². The van der Waals surface area contributed by atoms with Gasteiger partial charge in [0.25, 0.3) is 5.91 Å². The molecule has 0 saturated heterocycles. The van der Waals surface area contributed by atoms with Crippen LogP contribution in [0.1, 0.15) is 23.0 Å². The first-order chi connectivity index (χ1) is 16.8. The maximum atomic E-state index is 15.0. The highest BCUT2D eigenvalue weighted by molar-refractivity contribution is 6.01. The molecule has 4 N–H and O–H groups in total. The summed E-state index contributed by atoms with van der Waals surface area (Å²) in [5.74, 6) is -1.70. The molecule has 2 atom stereocenters. The van der Waals surface area contributed by atoms with Crippen molar-refractivity contribution < 1.29 is 23.8 Å². The van der Waals surface area contributed by atoms with Crippen LogP contribution in [0.2, 0.25) is 0 Å². The lowest BCUT2D eigenvalue weighted by Gasteiger charge is -2.32. The summed E-state index contributed by atoms with van der Waals surface area (Å²) in [5, 5.41) is 30.1. The Balaban J connectivity index is 1.66. The number of pyridine rings is 1. The molecule has 2 aromatic heterocycles. The van der Waals surface area contributed by atoms with E-state index in [1.165, 1.54) is 37.3 Å². The first-order valence-corrected chi connectivity index (χ1v) is 10.9. The Hall–Kier alpha value is -3.95. The maximum absolute atomic E-state index is 15.0. The van der Waals surface area contributed by atoms with Gasteiger partial charge in [0.05, 0.1) is 35.2 Å². The van der Waals surface area contributed by atoms with E-state index in [-0.39, 0.29) is 29.1 Å². The minimum absolute atomic E-state index is 0.00177. The Kier molecular flexibility index (Phi) is 6.99. The number of carbonyl (C=O) groups excluding carboxylic acids is 1. The van der Waals surface area contributed by atoms with Crippen LogP contribution in [-0.2, 0) is 6.42 Å². The van der Waals surface area contributed by atoms with Crippen molar-refractivity contribution in [3.8, 4) is 22.5 Å². The summed E-state index contributed by atoms with van der Waals surface area (Å²) in [6, 6.07) is 15.7. The number of H-pyrrole nitrogens is 1. The summed E-state index contributed by atoms with van der Waals surface area (Å²) >= 11 is 0. The molecule has 1 unspecified atom stereocenters. The number of aromatic nitrogens is 3. The summed E-state index contributed by atoms with van der Waals surface area (Å²) in [6.45, 7) is 0.789. The molecule has 180 valence electrons. The second kappa shape index (κ2) is 10.1. The summed E-state index contributed by atoms with van der Waals surface area (Å²) in [6.07, 6.45) is 1.73. The van der Waals surface area contributed by atoms with Crippen molar-refractivity contribution in [3.63, 3.8) is 0 Å². The molecular formula is C26H24F2N4O3. The number of aromatic amines is 1. The van der Waals surface area contributed by atoms with Gasteiger partial charge >= 0.3 is 0 Å². The predicted molar refractivity (Wildman–Crippen MR) is 126 cm³/mol. The fourth-order valence-corrected chi connectivity index (χ4v) is 3.70. The highest BCUT2D eigenvalue weighted by atomic mass is 19.1. The Bertz CT molecular complexity index is 1310. The zero-order valence-corrected chi connectivity index (χ0v) is 18.9. The van der Waals surface area contributed by atoms with Gasteiger partial charge in [-0.15, -0.1) is 0 Å². The normalized spacial score (nSPS) is 13.7. The topological polar surface area (TPSA) is 111 Å². The SMILES string of the molecule is C[C@@](O)(CO)C(Cc1ccccn1)NC(=O)c1cccc(F)c1-c1cc(-c2ccc(F)cc2)[nH]n1. The molecule has 9 heteroatoms. The monoisotopic (exact) mass is 478 g/mol. The lowest BCUT2D eigenvalue weighted by molar-refractivity contribution is -0.0277. The van der Waals surface area contributed by atoms with Gasteiger partial charge in [0.2, 0.25) is 0 Å². The Morgan fingerprint density at radius 1 is 1.11 bits per heavy atom. The van der Waals surface area contributed by atoms with Gasteiger partial charge in [-0.05, 0) is 67.1 Å². The van der Waals surface area contributed by atoms with E-state index in [0.717, 1.165) is 0 Å². The zero-order chi connectivity index (χ0) is 25.0. The number of benzene rings is 2. The Labute approximate surface area is 200 Å². The second-order valence-corrected chi connectivity index (χ2v) is 8.40. The average molecular weight is 478 g/mol. The van der Waals surface area contributed by atoms with E-state index in [4.69, 9.17) is 0 Å². The molecule has 0 bridgehead atoms. The highest BCUT2D eigenvalue weighted by Gasteiger charge is 2.34. The predicted octanol–water partition coefficient (Wildman–Crippen LogP) is 3.50. The van der Waals surface area contributed by atoms with Gasteiger partial charge < -0.3 is 15.5 Å². The van der Waals surface area contributed by atoms with Gasteiger partial charge in [-0.25, -0.2) is 8.78 Å². The first kappa shape index (κ1) is 24.2. The fourth-order valence-electron chi connectivity index (χ4n) is 3.70. The molecule has 0 spiro atoms. The molecule has 0 saturated carbocycles. The molecular weight excluding hydrogens is 454 g/mol. The number of rotatable bonds is 8. The number of nitrogens with zero attached hydrogens (tertiary/aromatic N) is 2. The summed E-state index contributed by atoms with van der Waals surface area (Å²) in [4.78, 5) is 17.5. The van der Waals surface area contributed by atoms with Gasteiger partial charge in [0.1, 0.15) is 17.2 Å². The number of aliphatic hydroxyl groups excluding tert-OH is 1. The molecule has 4 rings (SSSR count). The standard InChI is InChI=1S/C26H24F2N4O3/c1-26(35,15-33)23(13-18-5-2-3-12-29-18)30-25(34)19-6-4-7-20(28)24(19)22-14-21(31-32-22)16-8-10-17(27)11-9-16/h2-12,14,23,33,35H,13,15H2,1H3,(H,30,34)(H,31,32)/t23?,26-/m1/s1. The number of hydrogen-bond donors (Lipinski definition) is 4. The number of amides is 1. The molecule has 0 aliphatic rings. The van der Waals surface area contributed by atoms with Crippen molar-refractivity contribution in [2.45, 2.75) is 25.0 Å². The minimum atomic E-state index is -1.66. The smallest absolute Gasteiger partial charge is 0.252 e. The number of aliphatic hydroxyl groups is 2.